The predicted octanol–water partition coefficient (Wildman–Crippen LogP) is 3.05. The average Bonchev–Trinajstić information content (AvgIpc) is 2.49. The van der Waals surface area contributed by atoms with Gasteiger partial charge in [0.1, 0.15) is 5.75 Å². The van der Waals surface area contributed by atoms with Crippen LogP contribution >= 0.6 is 0 Å². The summed E-state index contributed by atoms with van der Waals surface area (Å²) >= 11 is 0. The maximum Gasteiger partial charge on any atom is 0.152 e. The summed E-state index contributed by atoms with van der Waals surface area (Å²) in [7, 11) is 0. The van der Waals surface area contributed by atoms with Crippen LogP contribution in [-0.4, -0.2) is 16.0 Å². The van der Waals surface area contributed by atoms with E-state index in [1.165, 1.54) is 0 Å². The zero-order valence-corrected chi connectivity index (χ0v) is 9.69. The summed E-state index contributed by atoms with van der Waals surface area (Å²) in [5.74, 6) is 0.191. The molecule has 1 heterocycles. The molecule has 0 saturated heterocycles. The molecule has 3 nitrogen and oxygen atoms in total. The molecule has 0 aliphatic rings. The van der Waals surface area contributed by atoms with Crippen LogP contribution in [0.15, 0.2) is 18.2 Å². The number of carbonyl (C=O) groups is 1. The number of hydrogen-bond acceptors (Lipinski definition) is 2. The highest BCUT2D eigenvalue weighted by Gasteiger charge is 2.15. The van der Waals surface area contributed by atoms with Gasteiger partial charge in [-0.2, -0.15) is 0 Å². The van der Waals surface area contributed by atoms with Crippen molar-refractivity contribution < 1.29 is 9.90 Å². The fourth-order valence-electron chi connectivity index (χ4n) is 2.27. The van der Waals surface area contributed by atoms with E-state index in [1.807, 2.05) is 13.0 Å². The predicted molar refractivity (Wildman–Crippen MR) is 64.1 cm³/mol. The SMILES string of the molecule is Cc1c(C=O)c2cc(O)ccc2n1C(C)C. The number of benzene rings is 1. The Bertz CT molecular complexity index is 553. The van der Waals surface area contributed by atoms with Gasteiger partial charge in [0.2, 0.25) is 0 Å². The number of nitrogens with zero attached hydrogens (tertiary/aromatic N) is 1. The van der Waals surface area contributed by atoms with Crippen LogP contribution in [0, 0.1) is 6.92 Å². The molecule has 84 valence electrons. The van der Waals surface area contributed by atoms with Gasteiger partial charge in [-0.05, 0) is 39.0 Å². The Balaban J connectivity index is 2.91. The molecule has 0 saturated carbocycles. The van der Waals surface area contributed by atoms with Crippen molar-refractivity contribution in [1.82, 2.24) is 4.57 Å². The third kappa shape index (κ3) is 1.40. The molecule has 3 heteroatoms. The minimum Gasteiger partial charge on any atom is -0.508 e. The van der Waals surface area contributed by atoms with Gasteiger partial charge in [0, 0.05) is 28.2 Å². The number of aromatic hydroxyl groups is 1. The summed E-state index contributed by atoms with van der Waals surface area (Å²) in [5.41, 5.74) is 2.61. The zero-order chi connectivity index (χ0) is 11.9. The molecule has 2 aromatic rings. The van der Waals surface area contributed by atoms with E-state index >= 15 is 0 Å². The van der Waals surface area contributed by atoms with E-state index in [0.29, 0.717) is 11.6 Å². The van der Waals surface area contributed by atoms with Crippen LogP contribution in [0.25, 0.3) is 10.9 Å². The number of hydrogen-bond donors (Lipinski definition) is 1. The van der Waals surface area contributed by atoms with E-state index in [2.05, 4.69) is 18.4 Å². The molecule has 0 unspecified atom stereocenters. The van der Waals surface area contributed by atoms with Crippen molar-refractivity contribution >= 4 is 17.2 Å². The molecule has 0 aliphatic carbocycles. The minimum atomic E-state index is 0.191. The second-order valence-corrected chi connectivity index (χ2v) is 4.28. The smallest absolute Gasteiger partial charge is 0.152 e. The van der Waals surface area contributed by atoms with Crippen LogP contribution < -0.4 is 0 Å². The van der Waals surface area contributed by atoms with Gasteiger partial charge in [-0.25, -0.2) is 0 Å². The highest BCUT2D eigenvalue weighted by atomic mass is 16.3. The summed E-state index contributed by atoms with van der Waals surface area (Å²) in [4.78, 5) is 11.1. The highest BCUT2D eigenvalue weighted by Crippen LogP contribution is 2.30. The zero-order valence-electron chi connectivity index (χ0n) is 9.69. The van der Waals surface area contributed by atoms with Crippen molar-refractivity contribution in [2.24, 2.45) is 0 Å². The summed E-state index contributed by atoms with van der Waals surface area (Å²) in [6.07, 6.45) is 0.857. The topological polar surface area (TPSA) is 42.2 Å². The fraction of sp³-hybridized carbons (Fsp3) is 0.308. The molecule has 0 amide bonds. The second kappa shape index (κ2) is 3.67. The number of fused-ring (bicyclic) bond motifs is 1. The van der Waals surface area contributed by atoms with Crippen LogP contribution in [0.5, 0.6) is 5.75 Å². The Morgan fingerprint density at radius 3 is 2.62 bits per heavy atom. The van der Waals surface area contributed by atoms with Crippen LogP contribution in [0.3, 0.4) is 0 Å². The minimum absolute atomic E-state index is 0.191. The first-order valence-electron chi connectivity index (χ1n) is 5.35. The Labute approximate surface area is 94.3 Å². The van der Waals surface area contributed by atoms with Gasteiger partial charge in [-0.1, -0.05) is 0 Å². The third-order valence-corrected chi connectivity index (χ3v) is 2.92. The first-order valence-corrected chi connectivity index (χ1v) is 5.35. The Morgan fingerprint density at radius 1 is 1.38 bits per heavy atom. The molecule has 0 bridgehead atoms. The van der Waals surface area contributed by atoms with E-state index in [1.54, 1.807) is 12.1 Å². The lowest BCUT2D eigenvalue weighted by atomic mass is 10.1. The molecule has 0 fully saturated rings. The largest absolute Gasteiger partial charge is 0.508 e. The summed E-state index contributed by atoms with van der Waals surface area (Å²) in [6.45, 7) is 6.09. The lowest BCUT2D eigenvalue weighted by Gasteiger charge is -2.12. The Morgan fingerprint density at radius 2 is 2.06 bits per heavy atom. The van der Waals surface area contributed by atoms with E-state index in [9.17, 15) is 9.90 Å². The lowest BCUT2D eigenvalue weighted by Crippen LogP contribution is -2.02. The molecule has 1 aromatic heterocycles. The highest BCUT2D eigenvalue weighted by molar-refractivity contribution is 6.00. The number of phenols is 1. The number of carbonyl (C=O) groups excluding carboxylic acids is 1. The first-order chi connectivity index (χ1) is 7.56. The van der Waals surface area contributed by atoms with Crippen molar-refractivity contribution in [2.45, 2.75) is 26.8 Å². The molecule has 2 rings (SSSR count). The summed E-state index contributed by atoms with van der Waals surface area (Å²) in [6, 6.07) is 5.44. The molecule has 1 N–H and O–H groups in total. The average molecular weight is 217 g/mol. The van der Waals surface area contributed by atoms with Crippen LogP contribution in [0.4, 0.5) is 0 Å². The van der Waals surface area contributed by atoms with Gasteiger partial charge < -0.3 is 9.67 Å². The van der Waals surface area contributed by atoms with Gasteiger partial charge >= 0.3 is 0 Å². The van der Waals surface area contributed by atoms with E-state index in [-0.39, 0.29) is 5.75 Å². The Hall–Kier alpha value is -1.77. The fourth-order valence-corrected chi connectivity index (χ4v) is 2.27. The van der Waals surface area contributed by atoms with Gasteiger partial charge in [-0.3, -0.25) is 4.79 Å². The maximum atomic E-state index is 11.1. The number of phenolic OH excluding ortho intramolecular Hbond substituents is 1. The van der Waals surface area contributed by atoms with Crippen molar-refractivity contribution in [3.8, 4) is 5.75 Å². The molecular formula is C13H15NO2. The third-order valence-electron chi connectivity index (χ3n) is 2.92. The van der Waals surface area contributed by atoms with Crippen molar-refractivity contribution in [3.05, 3.63) is 29.5 Å². The van der Waals surface area contributed by atoms with Gasteiger partial charge in [0.15, 0.2) is 6.29 Å². The Kier molecular flexibility index (Phi) is 2.46. The normalized spacial score (nSPS) is 11.2. The molecule has 0 atom stereocenters. The van der Waals surface area contributed by atoms with E-state index in [4.69, 9.17) is 0 Å². The summed E-state index contributed by atoms with van der Waals surface area (Å²) < 4.78 is 2.11. The molecule has 16 heavy (non-hydrogen) atoms. The van der Waals surface area contributed by atoms with E-state index < -0.39 is 0 Å². The van der Waals surface area contributed by atoms with Gasteiger partial charge in [-0.15, -0.1) is 0 Å². The second-order valence-electron chi connectivity index (χ2n) is 4.28. The van der Waals surface area contributed by atoms with Crippen LogP contribution in [0.1, 0.15) is 35.9 Å². The van der Waals surface area contributed by atoms with Crippen LogP contribution in [0.2, 0.25) is 0 Å². The first kappa shape index (κ1) is 10.7. The van der Waals surface area contributed by atoms with Crippen LogP contribution in [-0.2, 0) is 0 Å². The van der Waals surface area contributed by atoms with E-state index in [0.717, 1.165) is 22.9 Å². The molecule has 1 aromatic carbocycles. The molecule has 0 aliphatic heterocycles. The maximum absolute atomic E-state index is 11.1. The van der Waals surface area contributed by atoms with Crippen molar-refractivity contribution in [3.63, 3.8) is 0 Å². The van der Waals surface area contributed by atoms with Gasteiger partial charge in [0.05, 0.1) is 0 Å². The molecule has 0 spiro atoms. The number of aldehydes is 1. The van der Waals surface area contributed by atoms with Crippen molar-refractivity contribution in [2.75, 3.05) is 0 Å². The monoisotopic (exact) mass is 217 g/mol. The standard InChI is InChI=1S/C13H15NO2/c1-8(2)14-9(3)12(7-15)11-6-10(16)4-5-13(11)14/h4-8,16H,1-3H3. The lowest BCUT2D eigenvalue weighted by molar-refractivity contribution is 0.112. The number of rotatable bonds is 2. The molecule has 0 radical (unpaired) electrons. The van der Waals surface area contributed by atoms with Gasteiger partial charge in [0.25, 0.3) is 0 Å². The summed E-state index contributed by atoms with van der Waals surface area (Å²) in [5, 5.41) is 10.3. The molecular weight excluding hydrogens is 202 g/mol. The quantitative estimate of drug-likeness (QED) is 0.785. The van der Waals surface area contributed by atoms with Crippen molar-refractivity contribution in [1.29, 1.82) is 0 Å². The number of aromatic nitrogens is 1.